The van der Waals surface area contributed by atoms with Crippen molar-refractivity contribution in [3.63, 3.8) is 0 Å². The highest BCUT2D eigenvalue weighted by Crippen LogP contribution is 2.28. The van der Waals surface area contributed by atoms with E-state index in [1.165, 1.54) is 5.69 Å². The first-order chi connectivity index (χ1) is 16.3. The molecule has 9 nitrogen and oxygen atoms in total. The minimum absolute atomic E-state index is 0.0397. The average molecular weight is 492 g/mol. The summed E-state index contributed by atoms with van der Waals surface area (Å²) in [7, 11) is 1.72. The first kappa shape index (κ1) is 26.9. The van der Waals surface area contributed by atoms with Gasteiger partial charge in [0.15, 0.2) is 0 Å². The molecule has 1 aliphatic rings. The van der Waals surface area contributed by atoms with Gasteiger partial charge in [-0.3, -0.25) is 9.69 Å². The summed E-state index contributed by atoms with van der Waals surface area (Å²) in [6, 6.07) is 15.2. The minimum atomic E-state index is -1.82. The second-order valence-electron chi connectivity index (χ2n) is 7.58. The number of unbranched alkanes of at least 4 members (excludes halogenated alkanes) is 1. The van der Waals surface area contributed by atoms with Gasteiger partial charge < -0.3 is 25.2 Å². The van der Waals surface area contributed by atoms with Gasteiger partial charge >= 0.3 is 11.9 Å². The van der Waals surface area contributed by atoms with Gasteiger partial charge in [-0.1, -0.05) is 23.7 Å². The summed E-state index contributed by atoms with van der Waals surface area (Å²) >= 11 is 5.85. The van der Waals surface area contributed by atoms with Crippen LogP contribution in [0.1, 0.15) is 23.2 Å². The number of hydrogen-bond acceptors (Lipinski definition) is 6. The molecule has 2 aromatic rings. The standard InChI is InChI=1S/C22H28ClN3O2.C2H2O4/c1-28-21-7-3-2-6-20(21)26-16-14-25(15-17-26)13-5-4-12-24-22(27)18-8-10-19(23)11-9-18;3-1(4)2(5)6/h2-3,6-11H,4-5,12-17H2,1H3,(H,24,27);(H,3,4)(H,5,6). The summed E-state index contributed by atoms with van der Waals surface area (Å²) in [6.07, 6.45) is 2.06. The number of rotatable bonds is 8. The topological polar surface area (TPSA) is 119 Å². The highest BCUT2D eigenvalue weighted by molar-refractivity contribution is 6.30. The Balaban J connectivity index is 0.000000604. The lowest BCUT2D eigenvalue weighted by molar-refractivity contribution is -0.159. The van der Waals surface area contributed by atoms with E-state index < -0.39 is 11.9 Å². The maximum absolute atomic E-state index is 12.1. The molecule has 1 aliphatic heterocycles. The van der Waals surface area contributed by atoms with E-state index in [-0.39, 0.29) is 5.91 Å². The average Bonchev–Trinajstić information content (AvgIpc) is 2.85. The Kier molecular flexibility index (Phi) is 11.2. The van der Waals surface area contributed by atoms with Crippen molar-refractivity contribution in [1.29, 1.82) is 0 Å². The number of halogens is 1. The van der Waals surface area contributed by atoms with Crippen LogP contribution < -0.4 is 15.0 Å². The Morgan fingerprint density at radius 1 is 0.941 bits per heavy atom. The predicted octanol–water partition coefficient (Wildman–Crippen LogP) is 2.84. The molecule has 0 unspecified atom stereocenters. The third kappa shape index (κ3) is 8.92. The molecule has 34 heavy (non-hydrogen) atoms. The molecule has 1 fully saturated rings. The van der Waals surface area contributed by atoms with Gasteiger partial charge in [0.05, 0.1) is 12.8 Å². The summed E-state index contributed by atoms with van der Waals surface area (Å²) in [5.74, 6) is -2.75. The van der Waals surface area contributed by atoms with Crippen molar-refractivity contribution in [3.05, 3.63) is 59.1 Å². The molecule has 184 valence electrons. The van der Waals surface area contributed by atoms with Crippen LogP contribution >= 0.6 is 11.6 Å². The van der Waals surface area contributed by atoms with Crippen molar-refractivity contribution in [2.24, 2.45) is 0 Å². The van der Waals surface area contributed by atoms with Gasteiger partial charge in [-0.05, 0) is 55.8 Å². The maximum atomic E-state index is 12.1. The van der Waals surface area contributed by atoms with Gasteiger partial charge in [0.2, 0.25) is 0 Å². The van der Waals surface area contributed by atoms with Gasteiger partial charge in [-0.25, -0.2) is 9.59 Å². The lowest BCUT2D eigenvalue weighted by atomic mass is 10.2. The van der Waals surface area contributed by atoms with E-state index in [2.05, 4.69) is 27.2 Å². The van der Waals surface area contributed by atoms with Crippen LogP contribution in [0.3, 0.4) is 0 Å². The third-order valence-electron chi connectivity index (χ3n) is 5.27. The number of amides is 1. The van der Waals surface area contributed by atoms with Crippen molar-refractivity contribution >= 4 is 35.1 Å². The summed E-state index contributed by atoms with van der Waals surface area (Å²) in [5.41, 5.74) is 1.83. The molecular weight excluding hydrogens is 462 g/mol. The molecule has 0 atom stereocenters. The molecule has 0 aromatic heterocycles. The molecule has 10 heteroatoms. The molecular formula is C24H30ClN3O6. The van der Waals surface area contributed by atoms with Gasteiger partial charge in [0.25, 0.3) is 5.91 Å². The zero-order valence-corrected chi connectivity index (χ0v) is 19.8. The van der Waals surface area contributed by atoms with Crippen LogP contribution in [0.5, 0.6) is 5.75 Å². The van der Waals surface area contributed by atoms with Crippen molar-refractivity contribution < 1.29 is 29.3 Å². The Labute approximate surface area is 203 Å². The van der Waals surface area contributed by atoms with Crippen LogP contribution in [0.2, 0.25) is 5.02 Å². The normalized spacial score (nSPS) is 13.4. The monoisotopic (exact) mass is 491 g/mol. The van der Waals surface area contributed by atoms with Crippen LogP contribution in [0, 0.1) is 0 Å². The van der Waals surface area contributed by atoms with Crippen LogP contribution in [0.15, 0.2) is 48.5 Å². The molecule has 3 rings (SSSR count). The number of benzene rings is 2. The van der Waals surface area contributed by atoms with E-state index in [1.807, 2.05) is 12.1 Å². The van der Waals surface area contributed by atoms with Crippen molar-refractivity contribution in [2.45, 2.75) is 12.8 Å². The Morgan fingerprint density at radius 2 is 1.56 bits per heavy atom. The number of nitrogens with one attached hydrogen (secondary N) is 1. The van der Waals surface area contributed by atoms with Crippen molar-refractivity contribution in [3.8, 4) is 5.75 Å². The van der Waals surface area contributed by atoms with Crippen LogP contribution in [-0.2, 0) is 9.59 Å². The van der Waals surface area contributed by atoms with E-state index in [0.29, 0.717) is 17.1 Å². The van der Waals surface area contributed by atoms with E-state index in [9.17, 15) is 4.79 Å². The largest absolute Gasteiger partial charge is 0.495 e. The predicted molar refractivity (Wildman–Crippen MR) is 130 cm³/mol. The smallest absolute Gasteiger partial charge is 0.414 e. The SMILES string of the molecule is COc1ccccc1N1CCN(CCCCNC(=O)c2ccc(Cl)cc2)CC1.O=C(O)C(=O)O. The molecule has 1 heterocycles. The molecule has 0 saturated carbocycles. The number of carbonyl (C=O) groups is 3. The van der Waals surface area contributed by atoms with Gasteiger partial charge in [-0.15, -0.1) is 0 Å². The van der Waals surface area contributed by atoms with Gasteiger partial charge in [0, 0.05) is 43.3 Å². The fraction of sp³-hybridized carbons (Fsp3) is 0.375. The quantitative estimate of drug-likeness (QED) is 0.381. The number of carboxylic acid groups (broad SMARTS) is 2. The fourth-order valence-corrected chi connectivity index (χ4v) is 3.60. The molecule has 0 radical (unpaired) electrons. The summed E-state index contributed by atoms with van der Waals surface area (Å²) < 4.78 is 5.48. The molecule has 1 saturated heterocycles. The van der Waals surface area contributed by atoms with E-state index in [4.69, 9.17) is 36.1 Å². The lowest BCUT2D eigenvalue weighted by Gasteiger charge is -2.36. The van der Waals surface area contributed by atoms with Gasteiger partial charge in [-0.2, -0.15) is 0 Å². The Bertz CT molecular complexity index is 934. The minimum Gasteiger partial charge on any atom is -0.495 e. The number of carbonyl (C=O) groups excluding carboxylic acids is 1. The molecule has 0 aliphatic carbocycles. The number of piperazine rings is 1. The van der Waals surface area contributed by atoms with Crippen LogP contribution in [-0.4, -0.2) is 79.3 Å². The number of hydrogen-bond donors (Lipinski definition) is 3. The Morgan fingerprint density at radius 3 is 2.15 bits per heavy atom. The first-order valence-corrected chi connectivity index (χ1v) is 11.3. The maximum Gasteiger partial charge on any atom is 0.414 e. The number of para-hydroxylation sites is 2. The summed E-state index contributed by atoms with van der Waals surface area (Å²) in [6.45, 7) is 5.88. The molecule has 3 N–H and O–H groups in total. The van der Waals surface area contributed by atoms with Crippen LogP contribution in [0.25, 0.3) is 0 Å². The second kappa shape index (κ2) is 14.1. The lowest BCUT2D eigenvalue weighted by Crippen LogP contribution is -2.46. The number of anilines is 1. The molecule has 2 aromatic carbocycles. The zero-order valence-electron chi connectivity index (χ0n) is 19.1. The van der Waals surface area contributed by atoms with E-state index >= 15 is 0 Å². The molecule has 1 amide bonds. The summed E-state index contributed by atoms with van der Waals surface area (Å²) in [5, 5.41) is 18.4. The number of carboxylic acids is 2. The first-order valence-electron chi connectivity index (χ1n) is 10.9. The van der Waals surface area contributed by atoms with E-state index in [0.717, 1.165) is 51.3 Å². The van der Waals surface area contributed by atoms with Crippen molar-refractivity contribution in [1.82, 2.24) is 10.2 Å². The molecule has 0 bridgehead atoms. The number of ether oxygens (including phenoxy) is 1. The summed E-state index contributed by atoms with van der Waals surface area (Å²) in [4.78, 5) is 35.1. The highest BCUT2D eigenvalue weighted by Gasteiger charge is 2.19. The number of nitrogens with zero attached hydrogens (tertiary/aromatic N) is 2. The number of methoxy groups -OCH3 is 1. The zero-order chi connectivity index (χ0) is 24.9. The highest BCUT2D eigenvalue weighted by atomic mass is 35.5. The fourth-order valence-electron chi connectivity index (χ4n) is 3.47. The third-order valence-corrected chi connectivity index (χ3v) is 5.53. The van der Waals surface area contributed by atoms with Crippen molar-refractivity contribution in [2.75, 3.05) is 51.3 Å². The van der Waals surface area contributed by atoms with E-state index in [1.54, 1.807) is 31.4 Å². The Hall–Kier alpha value is -3.30. The van der Waals surface area contributed by atoms with Gasteiger partial charge in [0.1, 0.15) is 5.75 Å². The molecule has 0 spiro atoms. The van der Waals surface area contributed by atoms with Crippen LogP contribution in [0.4, 0.5) is 5.69 Å². The number of aliphatic carboxylic acids is 2. The second-order valence-corrected chi connectivity index (χ2v) is 8.02.